The first-order chi connectivity index (χ1) is 27.7. The van der Waals surface area contributed by atoms with Crippen LogP contribution in [0.4, 0.5) is 0 Å². The summed E-state index contributed by atoms with van der Waals surface area (Å²) in [5, 5.41) is 7.16. The highest BCUT2D eigenvalue weighted by molar-refractivity contribution is 6.12. The first kappa shape index (κ1) is 32.3. The number of nitrogens with one attached hydrogen (secondary N) is 1. The van der Waals surface area contributed by atoms with Gasteiger partial charge in [0.25, 0.3) is 0 Å². The second kappa shape index (κ2) is 13.3. The zero-order chi connectivity index (χ0) is 37.0. The lowest BCUT2D eigenvalue weighted by molar-refractivity contribution is 0.664. The second-order valence-corrected chi connectivity index (χ2v) is 14.7. The summed E-state index contributed by atoms with van der Waals surface area (Å²) in [6, 6.07) is 62.4. The van der Waals surface area contributed by atoms with Crippen molar-refractivity contribution < 1.29 is 4.42 Å². The molecule has 0 spiro atoms. The van der Waals surface area contributed by atoms with Crippen LogP contribution in [0, 0.1) is 0 Å². The summed E-state index contributed by atoms with van der Waals surface area (Å²) in [4.78, 5) is 5.17. The van der Waals surface area contributed by atoms with E-state index >= 15 is 0 Å². The molecular formula is C52H37N3O. The Bertz CT molecular complexity index is 3020. The van der Waals surface area contributed by atoms with Gasteiger partial charge >= 0.3 is 0 Å². The molecule has 3 heterocycles. The molecule has 2 aromatic heterocycles. The number of fused-ring (bicyclic) bond motifs is 6. The predicted molar refractivity (Wildman–Crippen MR) is 232 cm³/mol. The molecule has 0 fully saturated rings. The van der Waals surface area contributed by atoms with Gasteiger partial charge in [0.2, 0.25) is 0 Å². The fourth-order valence-corrected chi connectivity index (χ4v) is 8.64. The zero-order valence-corrected chi connectivity index (χ0v) is 30.7. The summed E-state index contributed by atoms with van der Waals surface area (Å²) in [7, 11) is 0. The zero-order valence-electron chi connectivity index (χ0n) is 30.7. The van der Waals surface area contributed by atoms with E-state index in [4.69, 9.17) is 9.41 Å². The lowest BCUT2D eigenvalue weighted by Gasteiger charge is -2.24. The van der Waals surface area contributed by atoms with Crippen molar-refractivity contribution in [2.24, 2.45) is 4.99 Å². The Hall–Kier alpha value is -7.17. The third kappa shape index (κ3) is 5.49. The topological polar surface area (TPSA) is 42.5 Å². The molecule has 2 aliphatic rings. The summed E-state index contributed by atoms with van der Waals surface area (Å²) >= 11 is 0. The van der Waals surface area contributed by atoms with Crippen LogP contribution < -0.4 is 5.32 Å². The Kier molecular flexibility index (Phi) is 7.66. The summed E-state index contributed by atoms with van der Waals surface area (Å²) in [6.07, 6.45) is 6.53. The van der Waals surface area contributed by atoms with Crippen LogP contribution in [0.15, 0.2) is 191 Å². The molecule has 1 unspecified atom stereocenters. The predicted octanol–water partition coefficient (Wildman–Crippen LogP) is 12.8. The molecule has 4 nitrogen and oxygen atoms in total. The van der Waals surface area contributed by atoms with Crippen molar-refractivity contribution in [3.8, 4) is 16.8 Å². The highest BCUT2D eigenvalue weighted by Crippen LogP contribution is 2.42. The molecule has 266 valence electrons. The third-order valence-electron chi connectivity index (χ3n) is 11.4. The number of para-hydroxylation sites is 1. The molecule has 1 atom stereocenters. The van der Waals surface area contributed by atoms with E-state index in [0.717, 1.165) is 63.1 Å². The van der Waals surface area contributed by atoms with E-state index in [-0.39, 0.29) is 6.04 Å². The van der Waals surface area contributed by atoms with Gasteiger partial charge in [-0.15, -0.1) is 0 Å². The van der Waals surface area contributed by atoms with Crippen LogP contribution in [0.1, 0.15) is 46.0 Å². The fourth-order valence-electron chi connectivity index (χ4n) is 8.64. The van der Waals surface area contributed by atoms with Gasteiger partial charge in [0, 0.05) is 33.0 Å². The van der Waals surface area contributed by atoms with E-state index in [1.54, 1.807) is 0 Å². The molecule has 1 aliphatic carbocycles. The van der Waals surface area contributed by atoms with Gasteiger partial charge in [0.1, 0.15) is 11.4 Å². The first-order valence-corrected chi connectivity index (χ1v) is 19.4. The maximum atomic E-state index is 6.95. The first-order valence-electron chi connectivity index (χ1n) is 19.4. The fraction of sp³-hybridized carbons (Fsp3) is 0.0577. The highest BCUT2D eigenvalue weighted by atomic mass is 16.3. The minimum absolute atomic E-state index is 0.0241. The van der Waals surface area contributed by atoms with E-state index in [1.807, 2.05) is 6.07 Å². The number of allylic oxidation sites excluding steroid dienone is 1. The van der Waals surface area contributed by atoms with Gasteiger partial charge in [0.15, 0.2) is 5.58 Å². The van der Waals surface area contributed by atoms with E-state index in [2.05, 4.69) is 192 Å². The van der Waals surface area contributed by atoms with Crippen LogP contribution in [0.25, 0.3) is 67.0 Å². The molecule has 0 amide bonds. The summed E-state index contributed by atoms with van der Waals surface area (Å²) in [5.74, 6) is 0.823. The SMILES string of the molecule is C1=C(c2ccccc2)CCc2c1c1cc(-c3ccccc3)ccc1n2-c1cccc2c1oc1cc(C3=NC(c4ccccc4)=CC(c4ccccc4)N3)ccc12. The number of rotatable bonds is 6. The molecule has 56 heavy (non-hydrogen) atoms. The summed E-state index contributed by atoms with van der Waals surface area (Å²) in [5.41, 5.74) is 15.9. The molecule has 0 radical (unpaired) electrons. The lowest BCUT2D eigenvalue weighted by Crippen LogP contribution is -2.31. The van der Waals surface area contributed by atoms with E-state index in [1.165, 1.54) is 50.0 Å². The second-order valence-electron chi connectivity index (χ2n) is 14.7. The van der Waals surface area contributed by atoms with Crippen LogP contribution in [0.5, 0.6) is 0 Å². The van der Waals surface area contributed by atoms with Gasteiger partial charge < -0.3 is 14.3 Å². The molecule has 11 rings (SSSR count). The van der Waals surface area contributed by atoms with Crippen molar-refractivity contribution in [1.82, 2.24) is 9.88 Å². The normalized spacial score (nSPS) is 15.3. The van der Waals surface area contributed by atoms with E-state index in [9.17, 15) is 0 Å². The van der Waals surface area contributed by atoms with Crippen molar-refractivity contribution in [2.75, 3.05) is 0 Å². The van der Waals surface area contributed by atoms with Gasteiger partial charge in [-0.05, 0) is 88.7 Å². The van der Waals surface area contributed by atoms with Crippen LogP contribution in [0.2, 0.25) is 0 Å². The molecule has 0 saturated heterocycles. The van der Waals surface area contributed by atoms with Crippen molar-refractivity contribution in [1.29, 1.82) is 0 Å². The number of aromatic nitrogens is 1. The third-order valence-corrected chi connectivity index (χ3v) is 11.4. The smallest absolute Gasteiger partial charge is 0.159 e. The molecule has 4 heteroatoms. The van der Waals surface area contributed by atoms with E-state index in [0.29, 0.717) is 0 Å². The number of benzene rings is 7. The molecule has 9 aromatic rings. The van der Waals surface area contributed by atoms with Gasteiger partial charge in [-0.2, -0.15) is 0 Å². The number of hydrogen-bond donors (Lipinski definition) is 1. The van der Waals surface area contributed by atoms with Crippen LogP contribution in [0.3, 0.4) is 0 Å². The molecule has 0 bridgehead atoms. The van der Waals surface area contributed by atoms with Gasteiger partial charge in [0.05, 0.1) is 22.9 Å². The molecule has 0 saturated carbocycles. The maximum Gasteiger partial charge on any atom is 0.159 e. The van der Waals surface area contributed by atoms with Crippen molar-refractivity contribution in [3.63, 3.8) is 0 Å². The Morgan fingerprint density at radius 1 is 0.554 bits per heavy atom. The Balaban J connectivity index is 1.06. The number of aliphatic imine (C=N–C) groups is 1. The van der Waals surface area contributed by atoms with Crippen molar-refractivity contribution >= 4 is 56.0 Å². The number of nitrogens with zero attached hydrogens (tertiary/aromatic N) is 2. The average molecular weight is 720 g/mol. The molecule has 1 aliphatic heterocycles. The standard InChI is InChI=1S/C52H37N3O/c1-5-14-34(15-6-1)38-25-28-47-43(30-38)44-31-39(35-16-7-2-8-17-35)26-29-48(44)55(47)49-23-13-22-42-41-27-24-40(32-50(41)56-51(42)49)52-53-45(36-18-9-3-10-19-36)33-46(54-52)37-20-11-4-12-21-37/h1-25,27-28,30-33,45H,26,29H2,(H,53,54). The molecular weight excluding hydrogens is 683 g/mol. The van der Waals surface area contributed by atoms with Crippen LogP contribution in [-0.2, 0) is 6.42 Å². The minimum atomic E-state index is -0.0241. The van der Waals surface area contributed by atoms with Gasteiger partial charge in [-0.3, -0.25) is 0 Å². The Labute approximate surface area is 325 Å². The highest BCUT2D eigenvalue weighted by Gasteiger charge is 2.25. The Morgan fingerprint density at radius 2 is 1.25 bits per heavy atom. The number of furan rings is 1. The maximum absolute atomic E-state index is 6.95. The van der Waals surface area contributed by atoms with Gasteiger partial charge in [-0.1, -0.05) is 146 Å². The van der Waals surface area contributed by atoms with Gasteiger partial charge in [-0.25, -0.2) is 4.99 Å². The molecule has 7 aromatic carbocycles. The van der Waals surface area contributed by atoms with Crippen LogP contribution in [-0.4, -0.2) is 10.4 Å². The summed E-state index contributed by atoms with van der Waals surface area (Å²) < 4.78 is 9.41. The minimum Gasteiger partial charge on any atom is -0.454 e. The Morgan fingerprint density at radius 3 is 2.02 bits per heavy atom. The lowest BCUT2D eigenvalue weighted by atomic mass is 9.91. The summed E-state index contributed by atoms with van der Waals surface area (Å²) in [6.45, 7) is 0. The number of amidine groups is 1. The number of hydrogen-bond acceptors (Lipinski definition) is 3. The van der Waals surface area contributed by atoms with Crippen LogP contribution >= 0.6 is 0 Å². The molecule has 1 N–H and O–H groups in total. The average Bonchev–Trinajstić information content (AvgIpc) is 3.82. The van der Waals surface area contributed by atoms with E-state index < -0.39 is 0 Å². The quantitative estimate of drug-likeness (QED) is 0.186. The van der Waals surface area contributed by atoms with Crippen molar-refractivity contribution in [2.45, 2.75) is 18.9 Å². The monoisotopic (exact) mass is 719 g/mol. The van der Waals surface area contributed by atoms with Crippen molar-refractivity contribution in [3.05, 3.63) is 216 Å². The largest absolute Gasteiger partial charge is 0.454 e.